The highest BCUT2D eigenvalue weighted by Crippen LogP contribution is 2.32. The summed E-state index contributed by atoms with van der Waals surface area (Å²) in [6.07, 6.45) is 0. The molecular weight excluding hydrogens is 336 g/mol. The fourth-order valence-electron chi connectivity index (χ4n) is 2.48. The number of hydrogen-bond donors (Lipinski definition) is 1. The maximum Gasteiger partial charge on any atom is 0.131 e. The highest BCUT2D eigenvalue weighted by Gasteiger charge is 2.16. The highest BCUT2D eigenvalue weighted by atomic mass is 79.9. The molecule has 3 aromatic rings. The van der Waals surface area contributed by atoms with E-state index in [4.69, 9.17) is 5.73 Å². The van der Waals surface area contributed by atoms with Crippen LogP contribution < -0.4 is 5.73 Å². The summed E-state index contributed by atoms with van der Waals surface area (Å²) in [6, 6.07) is 14.0. The van der Waals surface area contributed by atoms with E-state index in [0.717, 1.165) is 15.4 Å². The lowest BCUT2D eigenvalue weighted by Gasteiger charge is -2.17. The fourth-order valence-corrected chi connectivity index (χ4v) is 2.97. The Hall–Kier alpha value is -1.78. The molecule has 0 saturated heterocycles. The van der Waals surface area contributed by atoms with E-state index in [1.54, 1.807) is 24.3 Å². The van der Waals surface area contributed by atoms with Gasteiger partial charge in [-0.25, -0.2) is 8.78 Å². The average molecular weight is 348 g/mol. The molecule has 0 bridgehead atoms. The van der Waals surface area contributed by atoms with Crippen molar-refractivity contribution in [3.63, 3.8) is 0 Å². The molecule has 0 aliphatic carbocycles. The van der Waals surface area contributed by atoms with Crippen molar-refractivity contribution in [2.24, 2.45) is 5.73 Å². The first-order valence-corrected chi connectivity index (χ1v) is 7.25. The second-order valence-electron chi connectivity index (χ2n) is 4.83. The van der Waals surface area contributed by atoms with Crippen LogP contribution in [0.5, 0.6) is 0 Å². The van der Waals surface area contributed by atoms with Crippen LogP contribution in [0.15, 0.2) is 59.1 Å². The van der Waals surface area contributed by atoms with E-state index in [1.807, 2.05) is 12.1 Å². The van der Waals surface area contributed by atoms with Crippen LogP contribution in [0.25, 0.3) is 10.8 Å². The molecule has 3 aromatic carbocycles. The molecule has 0 heterocycles. The molecule has 0 aromatic heterocycles. The molecule has 0 aliphatic heterocycles. The molecule has 0 aliphatic rings. The van der Waals surface area contributed by atoms with E-state index in [9.17, 15) is 8.78 Å². The Bertz CT molecular complexity index is 817. The Kier molecular flexibility index (Phi) is 3.74. The van der Waals surface area contributed by atoms with E-state index in [2.05, 4.69) is 15.9 Å². The summed E-state index contributed by atoms with van der Waals surface area (Å²) < 4.78 is 28.1. The van der Waals surface area contributed by atoms with Crippen molar-refractivity contribution in [1.29, 1.82) is 0 Å². The Balaban J connectivity index is 2.20. The molecule has 0 radical (unpaired) electrons. The van der Waals surface area contributed by atoms with Gasteiger partial charge >= 0.3 is 0 Å². The van der Waals surface area contributed by atoms with Gasteiger partial charge in [0.05, 0.1) is 6.04 Å². The van der Waals surface area contributed by atoms with Crippen molar-refractivity contribution >= 4 is 26.7 Å². The lowest BCUT2D eigenvalue weighted by molar-refractivity contribution is 0.622. The third-order valence-corrected chi connectivity index (χ3v) is 4.25. The van der Waals surface area contributed by atoms with Crippen molar-refractivity contribution in [3.8, 4) is 0 Å². The summed E-state index contributed by atoms with van der Waals surface area (Å²) in [5.41, 5.74) is 7.68. The maximum atomic E-state index is 13.9. The molecule has 0 amide bonds. The molecule has 0 saturated carbocycles. The van der Waals surface area contributed by atoms with Gasteiger partial charge in [0.25, 0.3) is 0 Å². The van der Waals surface area contributed by atoms with E-state index in [1.165, 1.54) is 18.2 Å². The number of fused-ring (bicyclic) bond motifs is 1. The molecule has 1 atom stereocenters. The predicted octanol–water partition coefficient (Wildman–Crippen LogP) is 4.93. The normalized spacial score (nSPS) is 12.6. The van der Waals surface area contributed by atoms with Gasteiger partial charge in [-0.3, -0.25) is 0 Å². The summed E-state index contributed by atoms with van der Waals surface area (Å²) in [4.78, 5) is 0. The van der Waals surface area contributed by atoms with Crippen LogP contribution in [0.1, 0.15) is 17.2 Å². The van der Waals surface area contributed by atoms with E-state index in [0.29, 0.717) is 10.9 Å². The van der Waals surface area contributed by atoms with Crippen LogP contribution in [0.4, 0.5) is 8.78 Å². The zero-order valence-corrected chi connectivity index (χ0v) is 12.6. The lowest BCUT2D eigenvalue weighted by Crippen LogP contribution is -2.13. The SMILES string of the molecule is NC(c1cc(F)ccc1Br)c1ccc(F)c2ccccc12. The first-order valence-electron chi connectivity index (χ1n) is 6.45. The Morgan fingerprint density at radius 3 is 2.33 bits per heavy atom. The minimum atomic E-state index is -0.541. The predicted molar refractivity (Wildman–Crippen MR) is 84.0 cm³/mol. The molecule has 3 rings (SSSR count). The van der Waals surface area contributed by atoms with Crippen molar-refractivity contribution in [1.82, 2.24) is 0 Å². The fraction of sp³-hybridized carbons (Fsp3) is 0.0588. The Labute approximate surface area is 129 Å². The number of benzene rings is 3. The van der Waals surface area contributed by atoms with Crippen LogP contribution >= 0.6 is 15.9 Å². The van der Waals surface area contributed by atoms with E-state index < -0.39 is 6.04 Å². The van der Waals surface area contributed by atoms with Gasteiger partial charge in [0, 0.05) is 9.86 Å². The first kappa shape index (κ1) is 14.2. The standard InChI is InChI=1S/C17H12BrF2N/c18-15-7-5-10(19)9-14(15)17(21)13-6-8-16(20)12-4-2-1-3-11(12)13/h1-9,17H,21H2. The summed E-state index contributed by atoms with van der Waals surface area (Å²) in [5, 5.41) is 1.25. The minimum absolute atomic E-state index is 0.292. The van der Waals surface area contributed by atoms with Gasteiger partial charge in [-0.15, -0.1) is 0 Å². The average Bonchev–Trinajstić information content (AvgIpc) is 2.50. The quantitative estimate of drug-likeness (QED) is 0.698. The second kappa shape index (κ2) is 5.54. The molecule has 2 N–H and O–H groups in total. The number of hydrogen-bond acceptors (Lipinski definition) is 1. The third kappa shape index (κ3) is 2.57. The molecule has 21 heavy (non-hydrogen) atoms. The Morgan fingerprint density at radius 1 is 0.857 bits per heavy atom. The summed E-state index contributed by atoms with van der Waals surface area (Å²) in [6.45, 7) is 0. The van der Waals surface area contributed by atoms with Crippen molar-refractivity contribution in [2.75, 3.05) is 0 Å². The molecule has 1 unspecified atom stereocenters. The van der Waals surface area contributed by atoms with Gasteiger partial charge in [0.1, 0.15) is 11.6 Å². The molecule has 0 spiro atoms. The maximum absolute atomic E-state index is 13.9. The summed E-state index contributed by atoms with van der Waals surface area (Å²) in [5.74, 6) is -0.644. The van der Waals surface area contributed by atoms with Crippen LogP contribution in [0.2, 0.25) is 0 Å². The van der Waals surface area contributed by atoms with E-state index in [-0.39, 0.29) is 11.6 Å². The molecule has 4 heteroatoms. The molecule has 0 fully saturated rings. The number of halogens is 3. The van der Waals surface area contributed by atoms with Crippen molar-refractivity contribution in [2.45, 2.75) is 6.04 Å². The van der Waals surface area contributed by atoms with Gasteiger partial charge in [-0.2, -0.15) is 0 Å². The second-order valence-corrected chi connectivity index (χ2v) is 5.68. The topological polar surface area (TPSA) is 26.0 Å². The summed E-state index contributed by atoms with van der Waals surface area (Å²) >= 11 is 3.39. The van der Waals surface area contributed by atoms with Crippen molar-refractivity contribution in [3.05, 3.63) is 81.8 Å². The summed E-state index contributed by atoms with van der Waals surface area (Å²) in [7, 11) is 0. The minimum Gasteiger partial charge on any atom is -0.320 e. The van der Waals surface area contributed by atoms with E-state index >= 15 is 0 Å². The van der Waals surface area contributed by atoms with Crippen LogP contribution in [0.3, 0.4) is 0 Å². The van der Waals surface area contributed by atoms with Crippen LogP contribution in [0, 0.1) is 11.6 Å². The number of rotatable bonds is 2. The third-order valence-electron chi connectivity index (χ3n) is 3.53. The van der Waals surface area contributed by atoms with Gasteiger partial charge in [-0.1, -0.05) is 46.3 Å². The molecular formula is C17H12BrF2N. The van der Waals surface area contributed by atoms with Crippen molar-refractivity contribution < 1.29 is 8.78 Å². The monoisotopic (exact) mass is 347 g/mol. The zero-order valence-electron chi connectivity index (χ0n) is 11.0. The zero-order chi connectivity index (χ0) is 15.0. The number of nitrogens with two attached hydrogens (primary N) is 1. The van der Waals surface area contributed by atoms with Gasteiger partial charge in [0.2, 0.25) is 0 Å². The van der Waals surface area contributed by atoms with Crippen LogP contribution in [-0.2, 0) is 0 Å². The lowest BCUT2D eigenvalue weighted by atomic mass is 9.94. The first-order chi connectivity index (χ1) is 10.1. The molecule has 1 nitrogen and oxygen atoms in total. The van der Waals surface area contributed by atoms with Crippen LogP contribution in [-0.4, -0.2) is 0 Å². The highest BCUT2D eigenvalue weighted by molar-refractivity contribution is 9.10. The Morgan fingerprint density at radius 2 is 1.57 bits per heavy atom. The van der Waals surface area contributed by atoms with Gasteiger partial charge in [-0.05, 0) is 40.8 Å². The van der Waals surface area contributed by atoms with Gasteiger partial charge < -0.3 is 5.73 Å². The largest absolute Gasteiger partial charge is 0.320 e. The van der Waals surface area contributed by atoms with Gasteiger partial charge in [0.15, 0.2) is 0 Å². The smallest absolute Gasteiger partial charge is 0.131 e. The molecule has 106 valence electrons.